The van der Waals surface area contributed by atoms with Crippen LogP contribution in [-0.2, 0) is 0 Å². The van der Waals surface area contributed by atoms with Crippen molar-refractivity contribution in [2.24, 2.45) is 0 Å². The number of para-hydroxylation sites is 1. The molecule has 4 aromatic carbocycles. The molecule has 0 saturated carbocycles. The Labute approximate surface area is 185 Å². The maximum absolute atomic E-state index is 13.8. The van der Waals surface area contributed by atoms with Crippen LogP contribution in [0.4, 0.5) is 4.39 Å². The number of nitrogens with zero attached hydrogens (tertiary/aromatic N) is 2. The number of hydrogen-bond donors (Lipinski definition) is 0. The van der Waals surface area contributed by atoms with Gasteiger partial charge in [-0.1, -0.05) is 78.9 Å². The van der Waals surface area contributed by atoms with E-state index in [1.165, 1.54) is 12.1 Å². The van der Waals surface area contributed by atoms with Gasteiger partial charge in [-0.25, -0.2) is 9.37 Å². The highest BCUT2D eigenvalue weighted by Crippen LogP contribution is 2.33. The smallest absolute Gasteiger partial charge is 0.212 e. The van der Waals surface area contributed by atoms with Crippen LogP contribution in [0.25, 0.3) is 28.3 Å². The maximum Gasteiger partial charge on any atom is 0.212 e. The van der Waals surface area contributed by atoms with Crippen molar-refractivity contribution in [2.75, 3.05) is 0 Å². The molecular weight excluding hydrogens is 399 g/mol. The monoisotopic (exact) mass is 418 g/mol. The molecule has 3 nitrogen and oxygen atoms in total. The molecule has 5 rings (SSSR count). The molecule has 0 fully saturated rings. The lowest BCUT2D eigenvalue weighted by Crippen LogP contribution is -2.11. The Balaban J connectivity index is 1.85. The zero-order valence-electron chi connectivity index (χ0n) is 17.2. The van der Waals surface area contributed by atoms with Crippen molar-refractivity contribution < 1.29 is 9.18 Å². The van der Waals surface area contributed by atoms with Crippen molar-refractivity contribution in [1.82, 2.24) is 9.55 Å². The Morgan fingerprint density at radius 2 is 1.22 bits per heavy atom. The number of hydrogen-bond acceptors (Lipinski definition) is 2. The fourth-order valence-corrected chi connectivity index (χ4v) is 3.77. The van der Waals surface area contributed by atoms with Gasteiger partial charge in [0.2, 0.25) is 5.78 Å². The van der Waals surface area contributed by atoms with Gasteiger partial charge in [-0.2, -0.15) is 0 Å². The summed E-state index contributed by atoms with van der Waals surface area (Å²) in [4.78, 5) is 18.7. The van der Waals surface area contributed by atoms with Crippen LogP contribution in [-0.4, -0.2) is 15.3 Å². The molecule has 0 bridgehead atoms. The van der Waals surface area contributed by atoms with Crippen LogP contribution >= 0.6 is 0 Å². The van der Waals surface area contributed by atoms with Crippen LogP contribution in [0.2, 0.25) is 0 Å². The molecule has 0 N–H and O–H groups in total. The largest absolute Gasteiger partial charge is 0.289 e. The second kappa shape index (κ2) is 8.44. The number of carbonyl (C=O) groups is 1. The topological polar surface area (TPSA) is 34.9 Å². The van der Waals surface area contributed by atoms with E-state index in [0.29, 0.717) is 22.8 Å². The zero-order chi connectivity index (χ0) is 21.9. The third-order valence-electron chi connectivity index (χ3n) is 5.29. The maximum atomic E-state index is 13.8. The second-order valence-corrected chi connectivity index (χ2v) is 7.37. The molecule has 0 aliphatic carbocycles. The minimum Gasteiger partial charge on any atom is -0.289 e. The predicted molar refractivity (Wildman–Crippen MR) is 124 cm³/mol. The van der Waals surface area contributed by atoms with E-state index < -0.39 is 0 Å². The van der Waals surface area contributed by atoms with Gasteiger partial charge in [0.1, 0.15) is 23.0 Å². The van der Waals surface area contributed by atoms with E-state index in [9.17, 15) is 9.18 Å². The minimum absolute atomic E-state index is 0.130. The fraction of sp³-hybridized carbons (Fsp3) is 0. The predicted octanol–water partition coefficient (Wildman–Crippen LogP) is 6.58. The quantitative estimate of drug-likeness (QED) is 0.302. The summed E-state index contributed by atoms with van der Waals surface area (Å²) < 4.78 is 15.5. The highest BCUT2D eigenvalue weighted by Gasteiger charge is 2.26. The standard InChI is InChI=1S/C28H19FN2O/c29-23-18-16-22(17-19-23)28-30-25(20-10-4-1-5-11-20)26(27(32)21-12-6-2-7-13-21)31(28)24-14-8-3-9-15-24/h1-19H. The molecule has 0 aliphatic heterocycles. The molecule has 154 valence electrons. The molecule has 32 heavy (non-hydrogen) atoms. The molecular formula is C28H19FN2O. The van der Waals surface area contributed by atoms with Crippen LogP contribution < -0.4 is 0 Å². The van der Waals surface area contributed by atoms with Crippen molar-refractivity contribution in [1.29, 1.82) is 0 Å². The van der Waals surface area contributed by atoms with Gasteiger partial charge in [0.05, 0.1) is 0 Å². The number of carbonyl (C=O) groups excluding carboxylic acids is 1. The van der Waals surface area contributed by atoms with Crippen molar-refractivity contribution in [3.8, 4) is 28.3 Å². The molecule has 1 heterocycles. The van der Waals surface area contributed by atoms with Crippen LogP contribution in [0, 0.1) is 5.82 Å². The molecule has 5 aromatic rings. The van der Waals surface area contributed by atoms with E-state index in [2.05, 4.69) is 0 Å². The minimum atomic E-state index is -0.324. The Morgan fingerprint density at radius 3 is 1.84 bits per heavy atom. The molecule has 0 atom stereocenters. The highest BCUT2D eigenvalue weighted by atomic mass is 19.1. The third kappa shape index (κ3) is 3.63. The summed E-state index contributed by atoms with van der Waals surface area (Å²) in [5.41, 5.74) is 3.99. The van der Waals surface area contributed by atoms with Gasteiger partial charge < -0.3 is 0 Å². The van der Waals surface area contributed by atoms with Gasteiger partial charge in [0.25, 0.3) is 0 Å². The van der Waals surface area contributed by atoms with Gasteiger partial charge in [-0.15, -0.1) is 0 Å². The van der Waals surface area contributed by atoms with Gasteiger partial charge in [0, 0.05) is 22.4 Å². The third-order valence-corrected chi connectivity index (χ3v) is 5.29. The van der Waals surface area contributed by atoms with E-state index in [-0.39, 0.29) is 11.6 Å². The zero-order valence-corrected chi connectivity index (χ0v) is 17.2. The van der Waals surface area contributed by atoms with Crippen molar-refractivity contribution in [3.63, 3.8) is 0 Å². The summed E-state index contributed by atoms with van der Waals surface area (Å²) >= 11 is 0. The van der Waals surface area contributed by atoms with Crippen molar-refractivity contribution >= 4 is 5.78 Å². The lowest BCUT2D eigenvalue weighted by molar-refractivity contribution is 0.103. The van der Waals surface area contributed by atoms with Crippen LogP contribution in [0.1, 0.15) is 16.1 Å². The summed E-state index contributed by atoms with van der Waals surface area (Å²) in [7, 11) is 0. The van der Waals surface area contributed by atoms with Gasteiger partial charge in [-0.3, -0.25) is 9.36 Å². The molecule has 4 heteroatoms. The number of halogens is 1. The Hall–Kier alpha value is -4.31. The Morgan fingerprint density at radius 1 is 0.656 bits per heavy atom. The van der Waals surface area contributed by atoms with Gasteiger partial charge >= 0.3 is 0 Å². The van der Waals surface area contributed by atoms with Crippen LogP contribution in [0.5, 0.6) is 0 Å². The summed E-state index contributed by atoms with van der Waals surface area (Å²) in [6.07, 6.45) is 0. The van der Waals surface area contributed by atoms with E-state index in [0.717, 1.165) is 16.8 Å². The molecule has 0 aliphatic rings. The van der Waals surface area contributed by atoms with E-state index in [4.69, 9.17) is 4.98 Å². The molecule has 0 unspecified atom stereocenters. The lowest BCUT2D eigenvalue weighted by atomic mass is 10.0. The average Bonchev–Trinajstić information content (AvgIpc) is 3.26. The normalized spacial score (nSPS) is 10.8. The van der Waals surface area contributed by atoms with Crippen LogP contribution in [0.15, 0.2) is 115 Å². The average molecular weight is 418 g/mol. The summed E-state index contributed by atoms with van der Waals surface area (Å²) in [5.74, 6) is 0.124. The fourth-order valence-electron chi connectivity index (χ4n) is 3.77. The Bertz CT molecular complexity index is 1360. The first-order chi connectivity index (χ1) is 15.7. The summed E-state index contributed by atoms with van der Waals surface area (Å²) in [6, 6.07) is 34.6. The number of rotatable bonds is 5. The first kappa shape index (κ1) is 19.6. The van der Waals surface area contributed by atoms with E-state index in [1.54, 1.807) is 24.3 Å². The molecule has 0 radical (unpaired) electrons. The van der Waals surface area contributed by atoms with Crippen molar-refractivity contribution in [2.45, 2.75) is 0 Å². The second-order valence-electron chi connectivity index (χ2n) is 7.37. The number of aromatic nitrogens is 2. The van der Waals surface area contributed by atoms with Gasteiger partial charge in [-0.05, 0) is 36.4 Å². The first-order valence-electron chi connectivity index (χ1n) is 10.3. The number of imidazole rings is 1. The molecule has 0 spiro atoms. The van der Waals surface area contributed by atoms with E-state index >= 15 is 0 Å². The number of benzene rings is 4. The van der Waals surface area contributed by atoms with Crippen LogP contribution in [0.3, 0.4) is 0 Å². The SMILES string of the molecule is O=C(c1ccccc1)c1c(-c2ccccc2)nc(-c2ccc(F)cc2)n1-c1ccccc1. The van der Waals surface area contributed by atoms with Crippen molar-refractivity contribution in [3.05, 3.63) is 132 Å². The molecule has 0 amide bonds. The van der Waals surface area contributed by atoms with E-state index in [1.807, 2.05) is 83.4 Å². The number of ketones is 1. The molecule has 1 aromatic heterocycles. The lowest BCUT2D eigenvalue weighted by Gasteiger charge is -2.13. The Kier molecular flexibility index (Phi) is 5.18. The van der Waals surface area contributed by atoms with Gasteiger partial charge in [0.15, 0.2) is 0 Å². The molecule has 0 saturated heterocycles. The highest BCUT2D eigenvalue weighted by molar-refractivity contribution is 6.12. The summed E-state index contributed by atoms with van der Waals surface area (Å²) in [6.45, 7) is 0. The summed E-state index contributed by atoms with van der Waals surface area (Å²) in [5, 5.41) is 0. The first-order valence-corrected chi connectivity index (χ1v) is 10.3.